The van der Waals surface area contributed by atoms with Crippen molar-refractivity contribution < 1.29 is 14.2 Å². The third-order valence-corrected chi connectivity index (χ3v) is 4.67. The van der Waals surface area contributed by atoms with E-state index in [1.54, 1.807) is 6.20 Å². The Hall–Kier alpha value is -3.01. The summed E-state index contributed by atoms with van der Waals surface area (Å²) in [5.74, 6) is 3.12. The van der Waals surface area contributed by atoms with E-state index in [9.17, 15) is 0 Å². The molecule has 8 heteroatoms. The van der Waals surface area contributed by atoms with E-state index in [1.165, 1.54) is 0 Å². The van der Waals surface area contributed by atoms with E-state index in [0.717, 1.165) is 46.6 Å². The number of pyridine rings is 1. The molecule has 2 N–H and O–H groups in total. The van der Waals surface area contributed by atoms with Gasteiger partial charge in [0.2, 0.25) is 6.79 Å². The molecule has 0 unspecified atom stereocenters. The van der Waals surface area contributed by atoms with Crippen LogP contribution in [0.15, 0.2) is 71.9 Å². The summed E-state index contributed by atoms with van der Waals surface area (Å²) in [5.41, 5.74) is 3.06. The van der Waals surface area contributed by atoms with Crippen LogP contribution in [0.4, 0.5) is 0 Å². The summed E-state index contributed by atoms with van der Waals surface area (Å²) in [5, 5.41) is 6.64. The maximum absolute atomic E-state index is 5.86. The highest BCUT2D eigenvalue weighted by molar-refractivity contribution is 14.0. The Kier molecular flexibility index (Phi) is 8.97. The van der Waals surface area contributed by atoms with Gasteiger partial charge in [-0.05, 0) is 54.4 Å². The number of ether oxygens (including phenoxy) is 3. The zero-order valence-electron chi connectivity index (χ0n) is 17.9. The van der Waals surface area contributed by atoms with Crippen LogP contribution in [0.3, 0.4) is 0 Å². The average molecular weight is 546 g/mol. The third-order valence-electron chi connectivity index (χ3n) is 4.67. The van der Waals surface area contributed by atoms with E-state index in [4.69, 9.17) is 19.2 Å². The molecule has 4 rings (SSSR count). The lowest BCUT2D eigenvalue weighted by Gasteiger charge is -2.12. The molecular weight excluding hydrogens is 519 g/mol. The lowest BCUT2D eigenvalue weighted by atomic mass is 10.2. The van der Waals surface area contributed by atoms with E-state index in [0.29, 0.717) is 19.7 Å². The Bertz CT molecular complexity index is 1030. The summed E-state index contributed by atoms with van der Waals surface area (Å²) in [4.78, 5) is 8.98. The second-order valence-electron chi connectivity index (χ2n) is 6.99. The van der Waals surface area contributed by atoms with Gasteiger partial charge in [-0.1, -0.05) is 24.3 Å². The molecule has 0 spiro atoms. The lowest BCUT2D eigenvalue weighted by Crippen LogP contribution is -2.36. The van der Waals surface area contributed by atoms with E-state index in [1.807, 2.05) is 67.6 Å². The SMILES string of the molecule is CCNC(=NCc1cccc(OCc2ccccn2)c1)NCc1ccc2c(c1)OCO2.I. The number of guanidine groups is 1. The van der Waals surface area contributed by atoms with Crippen LogP contribution >= 0.6 is 24.0 Å². The molecule has 1 aliphatic rings. The fourth-order valence-corrected chi connectivity index (χ4v) is 3.12. The minimum atomic E-state index is 0. The van der Waals surface area contributed by atoms with Gasteiger partial charge in [-0.15, -0.1) is 24.0 Å². The predicted octanol–water partition coefficient (Wildman–Crippen LogP) is 4.26. The number of aliphatic imine (C=N–C) groups is 1. The molecule has 2 aromatic carbocycles. The van der Waals surface area contributed by atoms with Crippen molar-refractivity contribution in [2.75, 3.05) is 13.3 Å². The van der Waals surface area contributed by atoms with Gasteiger partial charge in [0.1, 0.15) is 12.4 Å². The number of benzene rings is 2. The molecule has 0 atom stereocenters. The number of hydrogen-bond acceptors (Lipinski definition) is 5. The van der Waals surface area contributed by atoms with E-state index >= 15 is 0 Å². The Morgan fingerprint density at radius 3 is 2.75 bits per heavy atom. The smallest absolute Gasteiger partial charge is 0.231 e. The lowest BCUT2D eigenvalue weighted by molar-refractivity contribution is 0.174. The van der Waals surface area contributed by atoms with Crippen molar-refractivity contribution in [1.82, 2.24) is 15.6 Å². The highest BCUT2D eigenvalue weighted by atomic mass is 127. The number of fused-ring (bicyclic) bond motifs is 1. The Balaban J connectivity index is 0.00000289. The van der Waals surface area contributed by atoms with E-state index in [-0.39, 0.29) is 30.8 Å². The monoisotopic (exact) mass is 546 g/mol. The molecule has 0 aliphatic carbocycles. The van der Waals surface area contributed by atoms with Gasteiger partial charge >= 0.3 is 0 Å². The first-order valence-electron chi connectivity index (χ1n) is 10.3. The molecular formula is C24H27IN4O3. The van der Waals surface area contributed by atoms with Gasteiger partial charge in [-0.25, -0.2) is 4.99 Å². The maximum Gasteiger partial charge on any atom is 0.231 e. The zero-order chi connectivity index (χ0) is 21.3. The number of rotatable bonds is 8. The molecule has 1 aromatic heterocycles. The molecule has 1 aliphatic heterocycles. The Morgan fingerprint density at radius 1 is 1.00 bits per heavy atom. The predicted molar refractivity (Wildman–Crippen MR) is 135 cm³/mol. The van der Waals surface area contributed by atoms with Gasteiger partial charge in [0.15, 0.2) is 17.5 Å². The van der Waals surface area contributed by atoms with Crippen LogP contribution in [0.5, 0.6) is 17.2 Å². The number of halogens is 1. The zero-order valence-corrected chi connectivity index (χ0v) is 20.2. The molecule has 0 saturated carbocycles. The quantitative estimate of drug-likeness (QED) is 0.250. The number of nitrogens with zero attached hydrogens (tertiary/aromatic N) is 2. The fourth-order valence-electron chi connectivity index (χ4n) is 3.12. The number of aromatic nitrogens is 1. The van der Waals surface area contributed by atoms with Crippen molar-refractivity contribution in [3.05, 3.63) is 83.7 Å². The topological polar surface area (TPSA) is 77.0 Å². The molecule has 0 fully saturated rings. The van der Waals surface area contributed by atoms with Gasteiger partial charge in [0, 0.05) is 19.3 Å². The Labute approximate surface area is 205 Å². The molecule has 168 valence electrons. The van der Waals surface area contributed by atoms with Gasteiger partial charge in [-0.2, -0.15) is 0 Å². The minimum absolute atomic E-state index is 0. The van der Waals surface area contributed by atoms with Gasteiger partial charge in [-0.3, -0.25) is 4.98 Å². The first kappa shape index (κ1) is 23.6. The molecule has 3 aromatic rings. The standard InChI is InChI=1S/C24H26N4O3.HI/c1-2-25-24(28-15-19-9-10-22-23(13-19)31-17-30-22)27-14-18-6-5-8-21(12-18)29-16-20-7-3-4-11-26-20;/h3-13H,2,14-17H2,1H3,(H2,25,27,28);1H. The minimum Gasteiger partial charge on any atom is -0.487 e. The van der Waals surface area contributed by atoms with Crippen LogP contribution in [-0.2, 0) is 19.7 Å². The normalized spacial score (nSPS) is 12.1. The van der Waals surface area contributed by atoms with Crippen LogP contribution in [0.2, 0.25) is 0 Å². The summed E-state index contributed by atoms with van der Waals surface area (Å²) >= 11 is 0. The van der Waals surface area contributed by atoms with Crippen molar-refractivity contribution in [2.45, 2.75) is 26.6 Å². The average Bonchev–Trinajstić information content (AvgIpc) is 3.28. The largest absolute Gasteiger partial charge is 0.487 e. The van der Waals surface area contributed by atoms with Crippen molar-refractivity contribution in [3.63, 3.8) is 0 Å². The van der Waals surface area contributed by atoms with Crippen LogP contribution in [0.1, 0.15) is 23.7 Å². The van der Waals surface area contributed by atoms with Crippen LogP contribution < -0.4 is 24.8 Å². The first-order chi connectivity index (χ1) is 15.3. The highest BCUT2D eigenvalue weighted by Crippen LogP contribution is 2.32. The van der Waals surface area contributed by atoms with Crippen LogP contribution in [0, 0.1) is 0 Å². The second-order valence-corrected chi connectivity index (χ2v) is 6.99. The number of hydrogen-bond donors (Lipinski definition) is 2. The van der Waals surface area contributed by atoms with Crippen molar-refractivity contribution in [3.8, 4) is 17.2 Å². The molecule has 0 radical (unpaired) electrons. The van der Waals surface area contributed by atoms with Crippen LogP contribution in [0.25, 0.3) is 0 Å². The summed E-state index contributed by atoms with van der Waals surface area (Å²) < 4.78 is 16.7. The third kappa shape index (κ3) is 6.74. The Morgan fingerprint density at radius 2 is 1.91 bits per heavy atom. The van der Waals surface area contributed by atoms with Gasteiger partial charge in [0.05, 0.1) is 12.2 Å². The van der Waals surface area contributed by atoms with E-state index < -0.39 is 0 Å². The molecule has 2 heterocycles. The summed E-state index contributed by atoms with van der Waals surface area (Å²) in [6.45, 7) is 4.71. The van der Waals surface area contributed by atoms with Gasteiger partial charge in [0.25, 0.3) is 0 Å². The number of nitrogens with one attached hydrogen (secondary N) is 2. The second kappa shape index (κ2) is 12.1. The van der Waals surface area contributed by atoms with Gasteiger partial charge < -0.3 is 24.8 Å². The summed E-state index contributed by atoms with van der Waals surface area (Å²) in [6, 6.07) is 19.7. The summed E-state index contributed by atoms with van der Waals surface area (Å²) in [6.07, 6.45) is 1.77. The molecule has 7 nitrogen and oxygen atoms in total. The maximum atomic E-state index is 5.86. The van der Waals surface area contributed by atoms with Crippen molar-refractivity contribution in [1.29, 1.82) is 0 Å². The van der Waals surface area contributed by atoms with E-state index in [2.05, 4.69) is 15.6 Å². The molecule has 0 bridgehead atoms. The molecule has 0 amide bonds. The highest BCUT2D eigenvalue weighted by Gasteiger charge is 2.13. The fraction of sp³-hybridized carbons (Fsp3) is 0.250. The molecule has 0 saturated heterocycles. The van der Waals surface area contributed by atoms with Crippen molar-refractivity contribution in [2.24, 2.45) is 4.99 Å². The molecule has 32 heavy (non-hydrogen) atoms. The summed E-state index contributed by atoms with van der Waals surface area (Å²) in [7, 11) is 0. The van der Waals surface area contributed by atoms with Crippen LogP contribution in [-0.4, -0.2) is 24.3 Å². The first-order valence-corrected chi connectivity index (χ1v) is 10.3. The van der Waals surface area contributed by atoms with Crippen molar-refractivity contribution >= 4 is 29.9 Å².